The molecule has 26 heavy (non-hydrogen) atoms. The molecule has 0 aromatic heterocycles. The molecule has 2 aliphatic rings. The molecule has 1 amide bonds. The number of hydrogen-bond donors (Lipinski definition) is 2. The summed E-state index contributed by atoms with van der Waals surface area (Å²) in [6.07, 6.45) is 1.55. The fourth-order valence-electron chi connectivity index (χ4n) is 2.93. The molecule has 1 aromatic rings. The molecule has 1 fully saturated rings. The second-order valence-corrected chi connectivity index (χ2v) is 7.37. The Balaban J connectivity index is 0.00000243. The molecule has 0 spiro atoms. The number of fused-ring (bicyclic) bond motifs is 1. The van der Waals surface area contributed by atoms with Crippen LogP contribution in [0.3, 0.4) is 0 Å². The normalized spacial score (nSPS) is 16.6. The van der Waals surface area contributed by atoms with Gasteiger partial charge >= 0.3 is 0 Å². The number of carbonyl (C=O) groups is 1. The molecule has 0 bridgehead atoms. The van der Waals surface area contributed by atoms with Crippen molar-refractivity contribution >= 4 is 30.1 Å². The van der Waals surface area contributed by atoms with E-state index >= 15 is 0 Å². The fraction of sp³-hybridized carbons (Fsp3) is 0.611. The number of ether oxygens (including phenoxy) is 2. The zero-order valence-corrected chi connectivity index (χ0v) is 16.6. The van der Waals surface area contributed by atoms with Crippen LogP contribution in [-0.4, -0.2) is 69.0 Å². The molecule has 3 rings (SSSR count). The highest BCUT2D eigenvalue weighted by atomic mass is 35.5. The Bertz CT molecular complexity index is 571. The maximum Gasteiger partial charge on any atom is 0.220 e. The first-order valence-corrected chi connectivity index (χ1v) is 10.0. The second-order valence-electron chi connectivity index (χ2n) is 6.20. The van der Waals surface area contributed by atoms with Gasteiger partial charge in [-0.05, 0) is 31.2 Å². The van der Waals surface area contributed by atoms with Gasteiger partial charge in [0.2, 0.25) is 5.91 Å². The van der Waals surface area contributed by atoms with Gasteiger partial charge in [0.25, 0.3) is 0 Å². The minimum absolute atomic E-state index is 0. The van der Waals surface area contributed by atoms with Crippen LogP contribution in [0.2, 0.25) is 0 Å². The zero-order valence-electron chi connectivity index (χ0n) is 15.0. The molecule has 1 saturated heterocycles. The van der Waals surface area contributed by atoms with E-state index in [2.05, 4.69) is 15.5 Å². The zero-order chi connectivity index (χ0) is 17.3. The van der Waals surface area contributed by atoms with E-state index in [-0.39, 0.29) is 18.3 Å². The maximum absolute atomic E-state index is 11.9. The number of halogens is 1. The van der Waals surface area contributed by atoms with E-state index in [0.29, 0.717) is 19.6 Å². The minimum Gasteiger partial charge on any atom is -0.486 e. The van der Waals surface area contributed by atoms with Crippen LogP contribution in [0.4, 0.5) is 0 Å². The molecule has 0 radical (unpaired) electrons. The lowest BCUT2D eigenvalue weighted by Crippen LogP contribution is -2.44. The van der Waals surface area contributed by atoms with Gasteiger partial charge in [-0.15, -0.1) is 24.2 Å². The van der Waals surface area contributed by atoms with Gasteiger partial charge in [-0.1, -0.05) is 0 Å². The summed E-state index contributed by atoms with van der Waals surface area (Å²) in [5.74, 6) is 2.50. The molecule has 2 aliphatic heterocycles. The topological polar surface area (TPSA) is 62.8 Å². The highest BCUT2D eigenvalue weighted by Crippen LogP contribution is 2.34. The summed E-state index contributed by atoms with van der Waals surface area (Å²) < 4.78 is 11.1. The summed E-state index contributed by atoms with van der Waals surface area (Å²) in [5, 5.41) is 6.37. The smallest absolute Gasteiger partial charge is 0.220 e. The third-order valence-electron chi connectivity index (χ3n) is 4.29. The summed E-state index contributed by atoms with van der Waals surface area (Å²) in [6, 6.07) is 5.95. The van der Waals surface area contributed by atoms with Crippen molar-refractivity contribution in [2.45, 2.75) is 17.7 Å². The van der Waals surface area contributed by atoms with Crippen LogP contribution in [0.15, 0.2) is 23.1 Å². The number of carbonyl (C=O) groups excluding carboxylic acids is 1. The van der Waals surface area contributed by atoms with Crippen LogP contribution < -0.4 is 20.1 Å². The van der Waals surface area contributed by atoms with Crippen molar-refractivity contribution in [1.82, 2.24) is 15.5 Å². The standard InChI is InChI=1S/C18H27N3O3S.ClH/c22-18(20-5-1-8-21-9-6-19-7-10-21)4-13-25-15-2-3-16-17(14-15)24-12-11-23-16;/h2-3,14,19H,1,4-13H2,(H,20,22);1H. The molecule has 0 aliphatic carbocycles. The quantitative estimate of drug-likeness (QED) is 0.511. The Kier molecular flexibility index (Phi) is 9.39. The van der Waals surface area contributed by atoms with E-state index in [1.54, 1.807) is 11.8 Å². The van der Waals surface area contributed by atoms with Gasteiger partial charge in [0.05, 0.1) is 0 Å². The molecule has 2 heterocycles. The molecule has 0 unspecified atom stereocenters. The third-order valence-corrected chi connectivity index (χ3v) is 5.29. The summed E-state index contributed by atoms with van der Waals surface area (Å²) in [4.78, 5) is 15.5. The van der Waals surface area contributed by atoms with Crippen molar-refractivity contribution in [2.75, 3.05) is 58.2 Å². The van der Waals surface area contributed by atoms with Crippen molar-refractivity contribution in [3.8, 4) is 11.5 Å². The summed E-state index contributed by atoms with van der Waals surface area (Å²) in [6.45, 7) is 7.39. The lowest BCUT2D eigenvalue weighted by molar-refractivity contribution is -0.120. The lowest BCUT2D eigenvalue weighted by Gasteiger charge is -2.27. The van der Waals surface area contributed by atoms with Gasteiger partial charge in [-0.25, -0.2) is 0 Å². The van der Waals surface area contributed by atoms with Crippen LogP contribution in [-0.2, 0) is 4.79 Å². The van der Waals surface area contributed by atoms with Crippen LogP contribution in [0.25, 0.3) is 0 Å². The van der Waals surface area contributed by atoms with Gasteiger partial charge in [0.15, 0.2) is 11.5 Å². The molecule has 146 valence electrons. The molecule has 0 atom stereocenters. The molecule has 1 aromatic carbocycles. The Morgan fingerprint density at radius 2 is 1.96 bits per heavy atom. The van der Waals surface area contributed by atoms with Gasteiger partial charge < -0.3 is 25.0 Å². The molecule has 8 heteroatoms. The summed E-state index contributed by atoms with van der Waals surface area (Å²) in [7, 11) is 0. The van der Waals surface area contributed by atoms with Gasteiger partial charge in [0, 0.05) is 49.8 Å². The van der Waals surface area contributed by atoms with Crippen molar-refractivity contribution in [1.29, 1.82) is 0 Å². The van der Waals surface area contributed by atoms with E-state index in [0.717, 1.165) is 67.8 Å². The molecular formula is C18H28ClN3O3S. The number of rotatable bonds is 8. The predicted octanol–water partition coefficient (Wildman–Crippen LogP) is 1.77. The Morgan fingerprint density at radius 3 is 2.77 bits per heavy atom. The van der Waals surface area contributed by atoms with Crippen LogP contribution in [0, 0.1) is 0 Å². The first-order chi connectivity index (χ1) is 12.3. The number of amides is 1. The Labute approximate surface area is 165 Å². The SMILES string of the molecule is Cl.O=C(CCSc1ccc2c(c1)OCCO2)NCCCN1CCNCC1. The average molecular weight is 402 g/mol. The average Bonchev–Trinajstić information content (AvgIpc) is 2.66. The van der Waals surface area contributed by atoms with Gasteiger partial charge in [-0.3, -0.25) is 4.79 Å². The van der Waals surface area contributed by atoms with E-state index in [4.69, 9.17) is 9.47 Å². The van der Waals surface area contributed by atoms with Crippen molar-refractivity contribution < 1.29 is 14.3 Å². The first kappa shape index (κ1) is 21.2. The second kappa shape index (κ2) is 11.5. The number of hydrogen-bond acceptors (Lipinski definition) is 6. The third kappa shape index (κ3) is 6.87. The van der Waals surface area contributed by atoms with Crippen LogP contribution in [0.5, 0.6) is 11.5 Å². The molecule has 2 N–H and O–H groups in total. The van der Waals surface area contributed by atoms with Crippen LogP contribution in [0.1, 0.15) is 12.8 Å². The van der Waals surface area contributed by atoms with E-state index in [1.165, 1.54) is 0 Å². The van der Waals surface area contributed by atoms with E-state index in [1.807, 2.05) is 18.2 Å². The lowest BCUT2D eigenvalue weighted by atomic mass is 10.3. The number of nitrogens with zero attached hydrogens (tertiary/aromatic N) is 1. The first-order valence-electron chi connectivity index (χ1n) is 9.03. The minimum atomic E-state index is 0. The van der Waals surface area contributed by atoms with Crippen LogP contribution >= 0.6 is 24.2 Å². The molecular weight excluding hydrogens is 374 g/mol. The molecule has 0 saturated carbocycles. The number of thioether (sulfide) groups is 1. The number of piperazine rings is 1. The summed E-state index contributed by atoms with van der Waals surface area (Å²) in [5.41, 5.74) is 0. The van der Waals surface area contributed by atoms with Crippen molar-refractivity contribution in [2.24, 2.45) is 0 Å². The van der Waals surface area contributed by atoms with E-state index in [9.17, 15) is 4.79 Å². The summed E-state index contributed by atoms with van der Waals surface area (Å²) >= 11 is 1.67. The molecule has 6 nitrogen and oxygen atoms in total. The van der Waals surface area contributed by atoms with Crippen molar-refractivity contribution in [3.63, 3.8) is 0 Å². The maximum atomic E-state index is 11.9. The monoisotopic (exact) mass is 401 g/mol. The fourth-order valence-corrected chi connectivity index (χ4v) is 3.81. The Morgan fingerprint density at radius 1 is 1.19 bits per heavy atom. The largest absolute Gasteiger partial charge is 0.486 e. The number of benzene rings is 1. The Hall–Kier alpha value is -1.15. The van der Waals surface area contributed by atoms with Gasteiger partial charge in [0.1, 0.15) is 13.2 Å². The van der Waals surface area contributed by atoms with E-state index < -0.39 is 0 Å². The predicted molar refractivity (Wildman–Crippen MR) is 107 cm³/mol. The highest BCUT2D eigenvalue weighted by molar-refractivity contribution is 7.99. The highest BCUT2D eigenvalue weighted by Gasteiger charge is 2.12. The number of nitrogens with one attached hydrogen (secondary N) is 2. The van der Waals surface area contributed by atoms with Gasteiger partial charge in [-0.2, -0.15) is 0 Å². The van der Waals surface area contributed by atoms with Crippen molar-refractivity contribution in [3.05, 3.63) is 18.2 Å².